The highest BCUT2D eigenvalue weighted by Crippen LogP contribution is 2.19. The number of carbonyl (C=O) groups excluding carboxylic acids is 1. The van der Waals surface area contributed by atoms with Gasteiger partial charge in [-0.2, -0.15) is 0 Å². The molecule has 1 aliphatic carbocycles. The average Bonchev–Trinajstić information content (AvgIpc) is 1.93. The molecule has 1 rings (SSSR count). The summed E-state index contributed by atoms with van der Waals surface area (Å²) in [5, 5.41) is 0. The molecule has 0 radical (unpaired) electrons. The maximum atomic E-state index is 11.2. The van der Waals surface area contributed by atoms with Crippen molar-refractivity contribution < 1.29 is 4.79 Å². The summed E-state index contributed by atoms with van der Waals surface area (Å²) >= 11 is 0. The van der Waals surface area contributed by atoms with Crippen LogP contribution in [0, 0.1) is 0 Å². The highest BCUT2D eigenvalue weighted by Gasteiger charge is 2.13. The van der Waals surface area contributed by atoms with E-state index in [-0.39, 0.29) is 5.78 Å². The molecule has 0 amide bonds. The fourth-order valence-corrected chi connectivity index (χ4v) is 1.28. The summed E-state index contributed by atoms with van der Waals surface area (Å²) < 4.78 is 0. The van der Waals surface area contributed by atoms with Gasteiger partial charge in [0.1, 0.15) is 0 Å². The van der Waals surface area contributed by atoms with Crippen LogP contribution in [0.2, 0.25) is 0 Å². The summed E-state index contributed by atoms with van der Waals surface area (Å²) in [4.78, 5) is 11.2. The van der Waals surface area contributed by atoms with Gasteiger partial charge in [0.2, 0.25) is 0 Å². The number of Topliss-reactive ketones (excluding diaryl/α,β-unsaturated/α-hetero) is 1. The van der Waals surface area contributed by atoms with E-state index in [1.165, 1.54) is 0 Å². The SMILES string of the molecule is C=C(N)C=C1CCCCC1=O. The molecule has 1 saturated carbocycles. The molecule has 1 fully saturated rings. The van der Waals surface area contributed by atoms with E-state index in [1.54, 1.807) is 6.08 Å². The lowest BCUT2D eigenvalue weighted by atomic mass is 9.93. The molecule has 0 aliphatic heterocycles. The van der Waals surface area contributed by atoms with Crippen molar-refractivity contribution in [3.63, 3.8) is 0 Å². The molecule has 2 heteroatoms. The van der Waals surface area contributed by atoms with Crippen LogP contribution >= 0.6 is 0 Å². The molecule has 0 atom stereocenters. The van der Waals surface area contributed by atoms with Gasteiger partial charge in [-0.3, -0.25) is 4.79 Å². The molecule has 11 heavy (non-hydrogen) atoms. The Bertz CT molecular complexity index is 216. The molecule has 0 aromatic heterocycles. The van der Waals surface area contributed by atoms with Gasteiger partial charge in [-0.25, -0.2) is 0 Å². The van der Waals surface area contributed by atoms with E-state index in [9.17, 15) is 4.79 Å². The van der Waals surface area contributed by atoms with Crippen molar-refractivity contribution in [3.8, 4) is 0 Å². The normalized spacial score (nSPS) is 22.2. The van der Waals surface area contributed by atoms with Crippen molar-refractivity contribution >= 4 is 5.78 Å². The molecule has 0 heterocycles. The summed E-state index contributed by atoms with van der Waals surface area (Å²) in [6, 6.07) is 0. The number of ketones is 1. The molecular formula is C9H13NO. The first-order valence-electron chi connectivity index (χ1n) is 3.88. The van der Waals surface area contributed by atoms with Gasteiger partial charge in [0.05, 0.1) is 0 Å². The topological polar surface area (TPSA) is 43.1 Å². The Morgan fingerprint density at radius 2 is 2.09 bits per heavy atom. The van der Waals surface area contributed by atoms with E-state index in [4.69, 9.17) is 5.73 Å². The van der Waals surface area contributed by atoms with Crippen LogP contribution < -0.4 is 5.73 Å². The lowest BCUT2D eigenvalue weighted by molar-refractivity contribution is -0.116. The molecule has 0 bridgehead atoms. The third-order valence-corrected chi connectivity index (χ3v) is 1.82. The van der Waals surface area contributed by atoms with Gasteiger partial charge < -0.3 is 5.73 Å². The van der Waals surface area contributed by atoms with Gasteiger partial charge in [-0.1, -0.05) is 6.58 Å². The third kappa shape index (κ3) is 2.22. The average molecular weight is 151 g/mol. The van der Waals surface area contributed by atoms with Crippen molar-refractivity contribution in [3.05, 3.63) is 23.9 Å². The minimum atomic E-state index is 0.239. The lowest BCUT2D eigenvalue weighted by Crippen LogP contribution is -2.09. The van der Waals surface area contributed by atoms with Crippen LogP contribution in [0.3, 0.4) is 0 Å². The Morgan fingerprint density at radius 3 is 2.64 bits per heavy atom. The van der Waals surface area contributed by atoms with Crippen molar-refractivity contribution in [1.29, 1.82) is 0 Å². The zero-order valence-electron chi connectivity index (χ0n) is 6.60. The Balaban J connectivity index is 2.68. The smallest absolute Gasteiger partial charge is 0.158 e. The van der Waals surface area contributed by atoms with Gasteiger partial charge in [0, 0.05) is 12.1 Å². The minimum absolute atomic E-state index is 0.239. The monoisotopic (exact) mass is 151 g/mol. The Kier molecular flexibility index (Phi) is 2.47. The quantitative estimate of drug-likeness (QED) is 0.577. The summed E-state index contributed by atoms with van der Waals surface area (Å²) in [5.74, 6) is 0.239. The van der Waals surface area contributed by atoms with Crippen molar-refractivity contribution in [2.75, 3.05) is 0 Å². The number of hydrogen-bond donors (Lipinski definition) is 1. The molecule has 2 N–H and O–H groups in total. The fourth-order valence-electron chi connectivity index (χ4n) is 1.28. The molecule has 0 spiro atoms. The molecular weight excluding hydrogens is 138 g/mol. The Hall–Kier alpha value is -1.05. The first-order valence-corrected chi connectivity index (χ1v) is 3.88. The molecule has 0 saturated heterocycles. The molecule has 0 aromatic rings. The van der Waals surface area contributed by atoms with Crippen molar-refractivity contribution in [2.24, 2.45) is 5.73 Å². The van der Waals surface area contributed by atoms with Crippen LogP contribution in [0.15, 0.2) is 23.9 Å². The maximum absolute atomic E-state index is 11.2. The predicted octanol–water partition coefficient (Wildman–Crippen LogP) is 1.53. The first-order chi connectivity index (χ1) is 5.20. The van der Waals surface area contributed by atoms with Crippen LogP contribution in [-0.4, -0.2) is 5.78 Å². The van der Waals surface area contributed by atoms with Crippen molar-refractivity contribution in [2.45, 2.75) is 25.7 Å². The number of hydrogen-bond acceptors (Lipinski definition) is 2. The standard InChI is InChI=1S/C9H13NO/c1-7(10)6-8-4-2-3-5-9(8)11/h6H,1-5,10H2. The summed E-state index contributed by atoms with van der Waals surface area (Å²) in [6.45, 7) is 3.53. The van der Waals surface area contributed by atoms with Crippen LogP contribution in [0.25, 0.3) is 0 Å². The van der Waals surface area contributed by atoms with Crippen LogP contribution in [0.5, 0.6) is 0 Å². The Morgan fingerprint density at radius 1 is 1.45 bits per heavy atom. The Labute approximate surface area is 66.8 Å². The molecule has 0 unspecified atom stereocenters. The van der Waals surface area contributed by atoms with E-state index in [0.29, 0.717) is 12.1 Å². The largest absolute Gasteiger partial charge is 0.399 e. The zero-order valence-corrected chi connectivity index (χ0v) is 6.60. The second-order valence-corrected chi connectivity index (χ2v) is 2.87. The maximum Gasteiger partial charge on any atom is 0.158 e. The second-order valence-electron chi connectivity index (χ2n) is 2.87. The van der Waals surface area contributed by atoms with E-state index >= 15 is 0 Å². The van der Waals surface area contributed by atoms with Gasteiger partial charge in [-0.15, -0.1) is 0 Å². The summed E-state index contributed by atoms with van der Waals surface area (Å²) in [6.07, 6.45) is 5.37. The van der Waals surface area contributed by atoms with Crippen LogP contribution in [-0.2, 0) is 4.79 Å². The van der Waals surface area contributed by atoms with E-state index in [1.807, 2.05) is 0 Å². The highest BCUT2D eigenvalue weighted by atomic mass is 16.1. The van der Waals surface area contributed by atoms with Gasteiger partial charge in [-0.05, 0) is 30.9 Å². The summed E-state index contributed by atoms with van der Waals surface area (Å²) in [5.41, 5.74) is 6.69. The second kappa shape index (κ2) is 3.37. The summed E-state index contributed by atoms with van der Waals surface area (Å²) in [7, 11) is 0. The van der Waals surface area contributed by atoms with Crippen LogP contribution in [0.4, 0.5) is 0 Å². The third-order valence-electron chi connectivity index (χ3n) is 1.82. The van der Waals surface area contributed by atoms with Gasteiger partial charge in [0.25, 0.3) is 0 Å². The number of carbonyl (C=O) groups is 1. The molecule has 1 aliphatic rings. The number of nitrogens with two attached hydrogens (primary N) is 1. The van der Waals surface area contributed by atoms with E-state index < -0.39 is 0 Å². The molecule has 60 valence electrons. The lowest BCUT2D eigenvalue weighted by Gasteiger charge is -2.11. The minimum Gasteiger partial charge on any atom is -0.399 e. The predicted molar refractivity (Wildman–Crippen MR) is 44.9 cm³/mol. The van der Waals surface area contributed by atoms with Gasteiger partial charge in [0.15, 0.2) is 5.78 Å². The number of rotatable bonds is 1. The van der Waals surface area contributed by atoms with Gasteiger partial charge >= 0.3 is 0 Å². The van der Waals surface area contributed by atoms with E-state index in [0.717, 1.165) is 24.8 Å². The van der Waals surface area contributed by atoms with E-state index in [2.05, 4.69) is 6.58 Å². The van der Waals surface area contributed by atoms with Crippen LogP contribution in [0.1, 0.15) is 25.7 Å². The zero-order chi connectivity index (χ0) is 8.27. The fraction of sp³-hybridized carbons (Fsp3) is 0.444. The highest BCUT2D eigenvalue weighted by molar-refractivity contribution is 5.96. The number of allylic oxidation sites excluding steroid dienone is 2. The molecule has 0 aromatic carbocycles. The van der Waals surface area contributed by atoms with Crippen molar-refractivity contribution in [1.82, 2.24) is 0 Å². The molecule has 2 nitrogen and oxygen atoms in total. The first kappa shape index (κ1) is 8.05.